The Kier molecular flexibility index (Phi) is 7.31. The summed E-state index contributed by atoms with van der Waals surface area (Å²) in [4.78, 5) is 36.8. The molecule has 0 aromatic carbocycles. The Labute approximate surface area is 210 Å². The van der Waals surface area contributed by atoms with Gasteiger partial charge in [-0.25, -0.2) is 13.8 Å². The molecule has 5 aliphatic rings. The predicted molar refractivity (Wildman–Crippen MR) is 130 cm³/mol. The van der Waals surface area contributed by atoms with E-state index in [4.69, 9.17) is 5.73 Å². The average Bonchev–Trinajstić information content (AvgIpc) is 3.37. The zero-order chi connectivity index (χ0) is 25.6. The number of amides is 2. The molecule has 7 unspecified atom stereocenters. The number of amidine groups is 1. The van der Waals surface area contributed by atoms with Crippen LogP contribution in [0.15, 0.2) is 4.99 Å². The van der Waals surface area contributed by atoms with Gasteiger partial charge in [0.05, 0.1) is 31.7 Å². The first-order valence-corrected chi connectivity index (χ1v) is 13.1. The van der Waals surface area contributed by atoms with Crippen molar-refractivity contribution in [1.82, 2.24) is 30.8 Å². The van der Waals surface area contributed by atoms with E-state index in [1.807, 2.05) is 11.9 Å². The van der Waals surface area contributed by atoms with Crippen molar-refractivity contribution in [3.63, 3.8) is 0 Å². The Hall–Kier alpha value is -1.77. The predicted octanol–water partition coefficient (Wildman–Crippen LogP) is -2.36. The van der Waals surface area contributed by atoms with Crippen LogP contribution in [0.4, 0.5) is 8.78 Å². The van der Waals surface area contributed by atoms with Gasteiger partial charge in [-0.3, -0.25) is 19.4 Å². The quantitative estimate of drug-likeness (QED) is 0.311. The van der Waals surface area contributed by atoms with E-state index in [2.05, 4.69) is 30.9 Å². The number of fused-ring (bicyclic) bond motifs is 1. The number of rotatable bonds is 4. The van der Waals surface area contributed by atoms with Crippen LogP contribution in [-0.4, -0.2) is 147 Å². The second-order valence-corrected chi connectivity index (χ2v) is 11.1. The number of quaternary nitrogens is 1. The lowest BCUT2D eigenvalue weighted by Crippen LogP contribution is -2.68. The summed E-state index contributed by atoms with van der Waals surface area (Å²) >= 11 is 0. The van der Waals surface area contributed by atoms with Gasteiger partial charge < -0.3 is 21.3 Å². The van der Waals surface area contributed by atoms with Gasteiger partial charge in [0.25, 0.3) is 0 Å². The fraction of sp³-hybridized carbons (Fsp3) is 0.870. The zero-order valence-corrected chi connectivity index (χ0v) is 21.2. The molecule has 5 heterocycles. The van der Waals surface area contributed by atoms with Crippen molar-refractivity contribution >= 4 is 17.6 Å². The number of hydrogen-bond acceptors (Lipinski definition) is 8. The smallest absolute Gasteiger partial charge is 0.240 e. The number of likely N-dealkylation sites (tertiary alicyclic amines) is 1. The summed E-state index contributed by atoms with van der Waals surface area (Å²) in [6, 6.07) is -1.02. The van der Waals surface area contributed by atoms with Crippen molar-refractivity contribution in [2.75, 3.05) is 73.0 Å². The van der Waals surface area contributed by atoms with E-state index in [1.165, 1.54) is 0 Å². The van der Waals surface area contributed by atoms with Crippen LogP contribution < -0.4 is 21.8 Å². The molecular formula is C23H40F2N9O2+. The standard InChI is InChI=1S/C23H39F2N9O2/c1-31-5-3-4-17(31)23(36)33-8-6-32(7-9-33)19-15(25)11-27-12-16(19)29-22(35)18-20(26)30-34(2)13-14(24)10-28-21(18)34/h14-20,27,30H,3-13,26H2,1-2H3/p+1/t14?,15?,16?,17-,18?,19?,20?,34?/m1/s1. The van der Waals surface area contributed by atoms with Crippen LogP contribution in [0.5, 0.6) is 0 Å². The van der Waals surface area contributed by atoms with E-state index < -0.39 is 36.5 Å². The number of hydrogen-bond donors (Lipinski definition) is 4. The van der Waals surface area contributed by atoms with Crippen LogP contribution in [-0.2, 0) is 9.59 Å². The zero-order valence-electron chi connectivity index (χ0n) is 21.2. The van der Waals surface area contributed by atoms with E-state index in [0.29, 0.717) is 38.6 Å². The monoisotopic (exact) mass is 512 g/mol. The molecule has 8 atom stereocenters. The largest absolute Gasteiger partial charge is 0.350 e. The number of aliphatic imine (C=N–C) groups is 1. The minimum atomic E-state index is -1.16. The lowest BCUT2D eigenvalue weighted by Gasteiger charge is -2.46. The van der Waals surface area contributed by atoms with E-state index in [-0.39, 0.29) is 42.1 Å². The summed E-state index contributed by atoms with van der Waals surface area (Å²) in [5.41, 5.74) is 9.35. The molecule has 11 nitrogen and oxygen atoms in total. The molecule has 5 aliphatic heterocycles. The average molecular weight is 513 g/mol. The number of carbonyl (C=O) groups is 2. The van der Waals surface area contributed by atoms with Gasteiger partial charge in [-0.15, -0.1) is 5.43 Å². The molecule has 0 radical (unpaired) electrons. The summed E-state index contributed by atoms with van der Waals surface area (Å²) in [6.45, 7) is 3.99. The number of carbonyl (C=O) groups excluding carboxylic acids is 2. The van der Waals surface area contributed by atoms with Crippen LogP contribution in [0.1, 0.15) is 12.8 Å². The SMILES string of the molecule is CN1CCC[C@@H]1C(=O)N1CCN(C2C(F)CNCC2NC(=O)C2C3=NCC(F)C[N+]3(C)NC2N)CC1. The molecule has 2 amide bonds. The van der Waals surface area contributed by atoms with Gasteiger partial charge >= 0.3 is 0 Å². The Morgan fingerprint density at radius 2 is 1.92 bits per heavy atom. The van der Waals surface area contributed by atoms with Crippen molar-refractivity contribution in [3.8, 4) is 0 Å². The maximum absolute atomic E-state index is 15.3. The third-order valence-corrected chi connectivity index (χ3v) is 8.54. The molecule has 5 rings (SSSR count). The first-order chi connectivity index (χ1) is 17.2. The normalized spacial score (nSPS) is 42.2. The molecule has 0 aromatic heterocycles. The topological polar surface area (TPSA) is 118 Å². The van der Waals surface area contributed by atoms with E-state index in [1.54, 1.807) is 7.05 Å². The van der Waals surface area contributed by atoms with Gasteiger partial charge in [-0.1, -0.05) is 0 Å². The van der Waals surface area contributed by atoms with Gasteiger partial charge in [0.1, 0.15) is 18.9 Å². The summed E-state index contributed by atoms with van der Waals surface area (Å²) in [6.07, 6.45) is -1.05. The molecule has 36 heavy (non-hydrogen) atoms. The van der Waals surface area contributed by atoms with Gasteiger partial charge in [-0.05, 0) is 26.4 Å². The van der Waals surface area contributed by atoms with Gasteiger partial charge in [0, 0.05) is 39.3 Å². The first kappa shape index (κ1) is 25.9. The summed E-state index contributed by atoms with van der Waals surface area (Å²) in [5.74, 6) is -0.387. The number of piperidine rings is 1. The Balaban J connectivity index is 1.24. The Bertz CT molecular complexity index is 886. The van der Waals surface area contributed by atoms with Crippen LogP contribution in [0.3, 0.4) is 0 Å². The molecular weight excluding hydrogens is 472 g/mol. The van der Waals surface area contributed by atoms with Crippen LogP contribution in [0, 0.1) is 5.92 Å². The molecule has 0 saturated carbocycles. The molecule has 0 bridgehead atoms. The molecule has 4 saturated heterocycles. The maximum atomic E-state index is 15.3. The number of nitrogens with one attached hydrogen (secondary N) is 3. The van der Waals surface area contributed by atoms with Gasteiger partial charge in [0.2, 0.25) is 17.6 Å². The van der Waals surface area contributed by atoms with E-state index in [0.717, 1.165) is 19.4 Å². The highest BCUT2D eigenvalue weighted by Gasteiger charge is 2.55. The molecule has 4 fully saturated rings. The molecule has 0 aromatic rings. The van der Waals surface area contributed by atoms with Crippen molar-refractivity contribution in [3.05, 3.63) is 0 Å². The van der Waals surface area contributed by atoms with Crippen molar-refractivity contribution in [2.24, 2.45) is 16.6 Å². The summed E-state index contributed by atoms with van der Waals surface area (Å²) in [5, 5.41) is 6.12. The van der Waals surface area contributed by atoms with E-state index >= 15 is 4.39 Å². The minimum absolute atomic E-state index is 0.00464. The lowest BCUT2D eigenvalue weighted by atomic mass is 9.94. The fourth-order valence-corrected chi connectivity index (χ4v) is 6.70. The third-order valence-electron chi connectivity index (χ3n) is 8.54. The number of nitrogens with two attached hydrogens (primary N) is 1. The minimum Gasteiger partial charge on any atom is -0.350 e. The van der Waals surface area contributed by atoms with Gasteiger partial charge in [0.15, 0.2) is 12.1 Å². The second-order valence-electron chi connectivity index (χ2n) is 11.1. The molecule has 0 spiro atoms. The van der Waals surface area contributed by atoms with Crippen molar-refractivity contribution in [2.45, 2.75) is 49.5 Å². The highest BCUT2D eigenvalue weighted by molar-refractivity contribution is 6.02. The van der Waals surface area contributed by atoms with Crippen LogP contribution >= 0.6 is 0 Å². The fourth-order valence-electron chi connectivity index (χ4n) is 6.70. The molecule has 5 N–H and O–H groups in total. The highest BCUT2D eigenvalue weighted by Crippen LogP contribution is 2.27. The summed E-state index contributed by atoms with van der Waals surface area (Å²) < 4.78 is 29.3. The third kappa shape index (κ3) is 4.76. The number of nitrogens with zero attached hydrogens (tertiary/aromatic N) is 5. The van der Waals surface area contributed by atoms with Crippen molar-refractivity contribution < 1.29 is 23.0 Å². The van der Waals surface area contributed by atoms with Gasteiger partial charge in [-0.2, -0.15) is 4.59 Å². The summed E-state index contributed by atoms with van der Waals surface area (Å²) in [7, 11) is 3.76. The number of halogens is 2. The maximum Gasteiger partial charge on any atom is 0.240 e. The van der Waals surface area contributed by atoms with Crippen LogP contribution in [0.25, 0.3) is 0 Å². The molecule has 13 heteroatoms. The lowest BCUT2D eigenvalue weighted by molar-refractivity contribution is -0.867. The molecule has 0 aliphatic carbocycles. The van der Waals surface area contributed by atoms with Crippen LogP contribution in [0.2, 0.25) is 0 Å². The Morgan fingerprint density at radius 3 is 2.61 bits per heavy atom. The number of alkyl halides is 2. The Morgan fingerprint density at radius 1 is 1.17 bits per heavy atom. The van der Waals surface area contributed by atoms with E-state index in [9.17, 15) is 14.0 Å². The first-order valence-electron chi connectivity index (χ1n) is 13.1. The molecule has 202 valence electrons. The highest BCUT2D eigenvalue weighted by atomic mass is 19.1. The van der Waals surface area contributed by atoms with Crippen molar-refractivity contribution in [1.29, 1.82) is 0 Å². The number of likely N-dealkylation sites (N-methyl/N-ethyl adjacent to an activating group) is 1. The number of piperazine rings is 1. The second kappa shape index (κ2) is 10.2.